The molecule has 0 spiro atoms. The third kappa shape index (κ3) is 3.23. The molecule has 1 fully saturated rings. The summed E-state index contributed by atoms with van der Waals surface area (Å²) < 4.78 is 0. The first-order valence-electron chi connectivity index (χ1n) is 11.8. The summed E-state index contributed by atoms with van der Waals surface area (Å²) in [7, 11) is 0. The summed E-state index contributed by atoms with van der Waals surface area (Å²) in [5.74, 6) is 0.897. The van der Waals surface area contributed by atoms with Crippen molar-refractivity contribution in [3.8, 4) is 5.75 Å². The van der Waals surface area contributed by atoms with Crippen LogP contribution in [-0.4, -0.2) is 28.1 Å². The molecule has 162 valence electrons. The number of hydrogen-bond acceptors (Lipinski definition) is 2. The van der Waals surface area contributed by atoms with E-state index in [-0.39, 0.29) is 5.41 Å². The minimum Gasteiger partial charge on any atom is -0.508 e. The molecule has 2 unspecified atom stereocenters. The van der Waals surface area contributed by atoms with Gasteiger partial charge in [-0.1, -0.05) is 54.1 Å². The number of likely N-dealkylation sites (tertiary alicyclic amines) is 1. The highest BCUT2D eigenvalue weighted by Gasteiger charge is 2.48. The second-order valence-corrected chi connectivity index (χ2v) is 9.89. The zero-order valence-electron chi connectivity index (χ0n) is 18.6. The van der Waals surface area contributed by atoms with Crippen molar-refractivity contribution < 1.29 is 5.11 Å². The number of rotatable bonds is 3. The maximum absolute atomic E-state index is 10.3. The van der Waals surface area contributed by atoms with Gasteiger partial charge in [0.2, 0.25) is 0 Å². The number of nitrogens with zero attached hydrogens (tertiary/aromatic N) is 1. The predicted octanol–water partition coefficient (Wildman–Crippen LogP) is 5.74. The van der Waals surface area contributed by atoms with Crippen molar-refractivity contribution in [3.63, 3.8) is 0 Å². The first-order chi connectivity index (χ1) is 15.6. The fourth-order valence-corrected chi connectivity index (χ4v) is 6.28. The van der Waals surface area contributed by atoms with Crippen molar-refractivity contribution in [2.45, 2.75) is 38.1 Å². The molecule has 6 rings (SSSR count). The standard InChI is InChI=1S/C29H30N2O/c1-20-10-11-27-25(14-20)26-16-23-19-31(18-21-6-3-2-4-7-21)13-12-29(23,17-28(26)30-27)22-8-5-9-24(32)15-22/h2-11,14-15,23,30,32H,12-13,16-19H2,1H3. The number of phenols is 1. The van der Waals surface area contributed by atoms with E-state index in [1.807, 2.05) is 12.1 Å². The molecule has 4 aromatic rings. The Labute approximate surface area is 189 Å². The van der Waals surface area contributed by atoms with E-state index in [1.165, 1.54) is 38.9 Å². The van der Waals surface area contributed by atoms with Gasteiger partial charge >= 0.3 is 0 Å². The number of aryl methyl sites for hydroxylation is 1. The third-order valence-electron chi connectivity index (χ3n) is 7.90. The fourth-order valence-electron chi connectivity index (χ4n) is 6.28. The van der Waals surface area contributed by atoms with Crippen molar-refractivity contribution in [2.24, 2.45) is 5.92 Å². The summed E-state index contributed by atoms with van der Waals surface area (Å²) in [6.07, 6.45) is 3.21. The molecule has 2 aliphatic rings. The minimum absolute atomic E-state index is 0.0643. The van der Waals surface area contributed by atoms with E-state index in [2.05, 4.69) is 71.4 Å². The Balaban J connectivity index is 1.41. The molecule has 2 heterocycles. The van der Waals surface area contributed by atoms with Crippen LogP contribution in [0.2, 0.25) is 0 Å². The van der Waals surface area contributed by atoms with E-state index in [9.17, 15) is 5.11 Å². The van der Waals surface area contributed by atoms with Crippen LogP contribution in [0.25, 0.3) is 10.9 Å². The lowest BCUT2D eigenvalue weighted by Gasteiger charge is -2.51. The molecule has 0 radical (unpaired) electrons. The quantitative estimate of drug-likeness (QED) is 0.442. The molecule has 0 bridgehead atoms. The van der Waals surface area contributed by atoms with E-state index in [0.717, 1.165) is 38.9 Å². The molecule has 32 heavy (non-hydrogen) atoms. The SMILES string of the molecule is Cc1ccc2[nH]c3c(c2c1)CC1CN(Cc2ccccc2)CCC1(c1cccc(O)c1)C3. The number of piperidine rings is 1. The number of phenolic OH excluding ortho intramolecular Hbond substituents is 1. The molecule has 0 amide bonds. The molecular formula is C29H30N2O. The molecule has 3 nitrogen and oxygen atoms in total. The Bertz CT molecular complexity index is 1280. The van der Waals surface area contributed by atoms with Gasteiger partial charge in [0.1, 0.15) is 5.75 Å². The highest BCUT2D eigenvalue weighted by atomic mass is 16.3. The zero-order chi connectivity index (χ0) is 21.7. The smallest absolute Gasteiger partial charge is 0.115 e. The molecule has 2 N–H and O–H groups in total. The van der Waals surface area contributed by atoms with Crippen LogP contribution in [0.1, 0.15) is 34.4 Å². The number of benzene rings is 3. The Morgan fingerprint density at radius 1 is 1.03 bits per heavy atom. The van der Waals surface area contributed by atoms with Crippen LogP contribution in [0, 0.1) is 12.8 Å². The first-order valence-corrected chi connectivity index (χ1v) is 11.8. The van der Waals surface area contributed by atoms with E-state index >= 15 is 0 Å². The number of aromatic nitrogens is 1. The van der Waals surface area contributed by atoms with Crippen LogP contribution >= 0.6 is 0 Å². The maximum atomic E-state index is 10.3. The number of aromatic hydroxyl groups is 1. The Morgan fingerprint density at radius 2 is 1.91 bits per heavy atom. The van der Waals surface area contributed by atoms with Crippen LogP contribution in [0.3, 0.4) is 0 Å². The van der Waals surface area contributed by atoms with Crippen LogP contribution in [0.4, 0.5) is 0 Å². The van der Waals surface area contributed by atoms with Gasteiger partial charge in [0.05, 0.1) is 0 Å². The van der Waals surface area contributed by atoms with Crippen LogP contribution in [0.5, 0.6) is 5.75 Å². The summed E-state index contributed by atoms with van der Waals surface area (Å²) in [5.41, 5.74) is 8.21. The topological polar surface area (TPSA) is 39.3 Å². The van der Waals surface area contributed by atoms with Crippen molar-refractivity contribution in [1.29, 1.82) is 0 Å². The summed E-state index contributed by atoms with van der Waals surface area (Å²) in [5, 5.41) is 11.7. The largest absolute Gasteiger partial charge is 0.508 e. The van der Waals surface area contributed by atoms with E-state index in [1.54, 1.807) is 6.07 Å². The van der Waals surface area contributed by atoms with E-state index < -0.39 is 0 Å². The number of H-pyrrole nitrogens is 1. The van der Waals surface area contributed by atoms with Gasteiger partial charge in [-0.3, -0.25) is 4.90 Å². The lowest BCUT2D eigenvalue weighted by Crippen LogP contribution is -2.53. The van der Waals surface area contributed by atoms with Gasteiger partial charge in [-0.25, -0.2) is 0 Å². The third-order valence-corrected chi connectivity index (χ3v) is 7.90. The Morgan fingerprint density at radius 3 is 2.75 bits per heavy atom. The van der Waals surface area contributed by atoms with Gasteiger partial charge in [-0.05, 0) is 79.6 Å². The Hall–Kier alpha value is -3.04. The van der Waals surface area contributed by atoms with Crippen molar-refractivity contribution in [1.82, 2.24) is 9.88 Å². The predicted molar refractivity (Wildman–Crippen MR) is 130 cm³/mol. The van der Waals surface area contributed by atoms with Crippen molar-refractivity contribution in [2.75, 3.05) is 13.1 Å². The average Bonchev–Trinajstić information content (AvgIpc) is 3.14. The minimum atomic E-state index is 0.0643. The van der Waals surface area contributed by atoms with E-state index in [0.29, 0.717) is 11.7 Å². The van der Waals surface area contributed by atoms with Gasteiger partial charge in [-0.15, -0.1) is 0 Å². The number of hydrogen-bond donors (Lipinski definition) is 2. The highest BCUT2D eigenvalue weighted by molar-refractivity contribution is 5.86. The van der Waals surface area contributed by atoms with Crippen LogP contribution in [-0.2, 0) is 24.8 Å². The molecule has 1 aromatic heterocycles. The molecular weight excluding hydrogens is 392 g/mol. The van der Waals surface area contributed by atoms with Gasteiger partial charge in [0.25, 0.3) is 0 Å². The van der Waals surface area contributed by atoms with Crippen molar-refractivity contribution >= 4 is 10.9 Å². The molecule has 2 atom stereocenters. The van der Waals surface area contributed by atoms with Gasteiger partial charge in [0.15, 0.2) is 0 Å². The van der Waals surface area contributed by atoms with Gasteiger partial charge in [0, 0.05) is 35.1 Å². The molecule has 3 heteroatoms. The molecule has 0 saturated carbocycles. The summed E-state index contributed by atoms with van der Waals surface area (Å²) in [6, 6.07) is 25.7. The Kier molecular flexibility index (Phi) is 4.62. The lowest BCUT2D eigenvalue weighted by molar-refractivity contribution is 0.0765. The average molecular weight is 423 g/mol. The molecule has 3 aromatic carbocycles. The van der Waals surface area contributed by atoms with Gasteiger partial charge in [-0.2, -0.15) is 0 Å². The highest BCUT2D eigenvalue weighted by Crippen LogP contribution is 2.49. The maximum Gasteiger partial charge on any atom is 0.115 e. The summed E-state index contributed by atoms with van der Waals surface area (Å²) in [6.45, 7) is 5.35. The van der Waals surface area contributed by atoms with Crippen LogP contribution < -0.4 is 0 Å². The fraction of sp³-hybridized carbons (Fsp3) is 0.310. The second-order valence-electron chi connectivity index (χ2n) is 9.89. The molecule has 1 aliphatic carbocycles. The molecule has 1 saturated heterocycles. The second kappa shape index (κ2) is 7.53. The van der Waals surface area contributed by atoms with E-state index in [4.69, 9.17) is 0 Å². The monoisotopic (exact) mass is 422 g/mol. The van der Waals surface area contributed by atoms with Crippen molar-refractivity contribution in [3.05, 3.63) is 101 Å². The number of aromatic amines is 1. The number of fused-ring (bicyclic) bond motifs is 4. The number of nitrogens with one attached hydrogen (secondary N) is 1. The lowest BCUT2D eigenvalue weighted by atomic mass is 9.58. The zero-order valence-corrected chi connectivity index (χ0v) is 18.6. The molecule has 1 aliphatic heterocycles. The first kappa shape index (κ1) is 19.6. The van der Waals surface area contributed by atoms with Crippen LogP contribution in [0.15, 0.2) is 72.8 Å². The van der Waals surface area contributed by atoms with Gasteiger partial charge < -0.3 is 10.1 Å². The summed E-state index contributed by atoms with van der Waals surface area (Å²) >= 11 is 0. The normalized spacial score (nSPS) is 23.1. The summed E-state index contributed by atoms with van der Waals surface area (Å²) in [4.78, 5) is 6.39.